The second kappa shape index (κ2) is 12.9. The van der Waals surface area contributed by atoms with Gasteiger partial charge in [0.05, 0.1) is 5.56 Å². The van der Waals surface area contributed by atoms with E-state index in [4.69, 9.17) is 4.74 Å². The second-order valence-corrected chi connectivity index (χ2v) is 9.77. The first-order valence-electron chi connectivity index (χ1n) is 13.3. The molecule has 0 spiro atoms. The summed E-state index contributed by atoms with van der Waals surface area (Å²) < 4.78 is 119. The standard InChI is InChI=1S/C35H22F8O/c1-2-44-18-32(41)34(42)22-9-7-20(8-10-22)19-3-5-21(6-4-19)24-14-28(37)33(29(38)15-24)23-11-12-26(27(36)13-23)25-16-30(39)35(43)31(40)17-25/h3-17H,2,18H2,1H3/b34-32+. The topological polar surface area (TPSA) is 9.23 Å². The molecule has 0 saturated heterocycles. The lowest BCUT2D eigenvalue weighted by atomic mass is 9.95. The summed E-state index contributed by atoms with van der Waals surface area (Å²) in [7, 11) is 0. The molecule has 0 bridgehead atoms. The zero-order chi connectivity index (χ0) is 31.5. The van der Waals surface area contributed by atoms with Gasteiger partial charge < -0.3 is 4.74 Å². The van der Waals surface area contributed by atoms with Crippen LogP contribution < -0.4 is 0 Å². The van der Waals surface area contributed by atoms with Gasteiger partial charge in [-0.3, -0.25) is 0 Å². The van der Waals surface area contributed by atoms with Crippen LogP contribution in [0.25, 0.3) is 50.3 Å². The van der Waals surface area contributed by atoms with Crippen LogP contribution in [-0.2, 0) is 4.74 Å². The number of halogens is 8. The van der Waals surface area contributed by atoms with Crippen molar-refractivity contribution in [2.24, 2.45) is 0 Å². The largest absolute Gasteiger partial charge is 0.375 e. The highest BCUT2D eigenvalue weighted by molar-refractivity contribution is 5.76. The molecule has 0 amide bonds. The van der Waals surface area contributed by atoms with Crippen molar-refractivity contribution in [1.82, 2.24) is 0 Å². The number of ether oxygens (including phenoxy) is 1. The van der Waals surface area contributed by atoms with Crippen LogP contribution in [0.3, 0.4) is 0 Å². The van der Waals surface area contributed by atoms with Crippen LogP contribution in [0.4, 0.5) is 35.1 Å². The van der Waals surface area contributed by atoms with Gasteiger partial charge in [0.1, 0.15) is 24.1 Å². The van der Waals surface area contributed by atoms with E-state index in [9.17, 15) is 26.3 Å². The molecule has 0 aliphatic carbocycles. The van der Waals surface area contributed by atoms with Crippen LogP contribution in [0.1, 0.15) is 12.5 Å². The van der Waals surface area contributed by atoms with Crippen LogP contribution in [0, 0.1) is 34.9 Å². The molecule has 224 valence electrons. The Kier molecular flexibility index (Phi) is 8.96. The molecule has 0 aromatic heterocycles. The van der Waals surface area contributed by atoms with Crippen molar-refractivity contribution in [1.29, 1.82) is 0 Å². The van der Waals surface area contributed by atoms with Crippen LogP contribution in [0.2, 0.25) is 0 Å². The average molecular weight is 611 g/mol. The van der Waals surface area contributed by atoms with Crippen molar-refractivity contribution in [3.05, 3.63) is 137 Å². The fraction of sp³-hybridized carbons (Fsp3) is 0.0857. The third kappa shape index (κ3) is 6.28. The van der Waals surface area contributed by atoms with E-state index in [1.165, 1.54) is 18.2 Å². The van der Waals surface area contributed by atoms with Gasteiger partial charge in [0.2, 0.25) is 0 Å². The summed E-state index contributed by atoms with van der Waals surface area (Å²) in [5.41, 5.74) is 0.925. The Bertz CT molecular complexity index is 1820. The summed E-state index contributed by atoms with van der Waals surface area (Å²) in [6.07, 6.45) is 0. The summed E-state index contributed by atoms with van der Waals surface area (Å²) in [4.78, 5) is 0. The Hall–Kier alpha value is -4.76. The molecule has 0 aliphatic rings. The summed E-state index contributed by atoms with van der Waals surface area (Å²) >= 11 is 0. The van der Waals surface area contributed by atoms with Gasteiger partial charge in [-0.15, -0.1) is 0 Å². The van der Waals surface area contributed by atoms with E-state index in [1.54, 1.807) is 43.3 Å². The first-order chi connectivity index (χ1) is 21.1. The van der Waals surface area contributed by atoms with Crippen molar-refractivity contribution in [3.8, 4) is 44.5 Å². The molecular formula is C35H22F8O. The van der Waals surface area contributed by atoms with E-state index in [1.807, 2.05) is 0 Å². The molecule has 5 aromatic carbocycles. The monoisotopic (exact) mass is 610 g/mol. The SMILES string of the molecule is CCOC/C(F)=C(\F)c1ccc(-c2ccc(-c3cc(F)c(-c4ccc(-c5cc(F)c(F)c(F)c5)c(F)c4)c(F)c3)cc2)cc1. The predicted molar refractivity (Wildman–Crippen MR) is 154 cm³/mol. The Balaban J connectivity index is 1.38. The number of benzene rings is 5. The molecule has 0 aliphatic heterocycles. The van der Waals surface area contributed by atoms with Crippen LogP contribution >= 0.6 is 0 Å². The third-order valence-electron chi connectivity index (χ3n) is 6.96. The van der Waals surface area contributed by atoms with Crippen molar-refractivity contribution in [2.75, 3.05) is 13.2 Å². The maximum atomic E-state index is 15.2. The lowest BCUT2D eigenvalue weighted by Gasteiger charge is -2.12. The molecule has 5 aromatic rings. The van der Waals surface area contributed by atoms with Crippen molar-refractivity contribution >= 4 is 5.83 Å². The molecule has 0 fully saturated rings. The highest BCUT2D eigenvalue weighted by Crippen LogP contribution is 2.35. The molecule has 0 N–H and O–H groups in total. The van der Waals surface area contributed by atoms with Crippen molar-refractivity contribution in [3.63, 3.8) is 0 Å². The molecule has 0 unspecified atom stereocenters. The second-order valence-electron chi connectivity index (χ2n) is 9.77. The Morgan fingerprint density at radius 3 is 1.50 bits per heavy atom. The van der Waals surface area contributed by atoms with Crippen LogP contribution in [0.15, 0.2) is 96.8 Å². The highest BCUT2D eigenvalue weighted by atomic mass is 19.2. The molecular weight excluding hydrogens is 588 g/mol. The molecule has 5 rings (SSSR count). The van der Waals surface area contributed by atoms with Gasteiger partial charge in [0.25, 0.3) is 0 Å². The molecule has 1 nitrogen and oxygen atoms in total. The van der Waals surface area contributed by atoms with Gasteiger partial charge in [-0.25, -0.2) is 35.1 Å². The number of hydrogen-bond acceptors (Lipinski definition) is 1. The van der Waals surface area contributed by atoms with Gasteiger partial charge in [0.15, 0.2) is 29.1 Å². The van der Waals surface area contributed by atoms with E-state index in [2.05, 4.69) is 0 Å². The van der Waals surface area contributed by atoms with E-state index >= 15 is 8.78 Å². The Morgan fingerprint density at radius 1 is 0.523 bits per heavy atom. The maximum Gasteiger partial charge on any atom is 0.194 e. The smallest absolute Gasteiger partial charge is 0.194 e. The Morgan fingerprint density at radius 2 is 0.977 bits per heavy atom. The summed E-state index contributed by atoms with van der Waals surface area (Å²) in [5.74, 6) is -9.69. The normalized spacial score (nSPS) is 11.9. The van der Waals surface area contributed by atoms with Gasteiger partial charge in [-0.05, 0) is 70.6 Å². The fourth-order valence-electron chi connectivity index (χ4n) is 4.71. The van der Waals surface area contributed by atoms with Crippen molar-refractivity contribution < 1.29 is 39.9 Å². The minimum atomic E-state index is -1.70. The predicted octanol–water partition coefficient (Wildman–Crippen LogP) is 10.8. The first kappa shape index (κ1) is 30.7. The molecule has 0 radical (unpaired) electrons. The highest BCUT2D eigenvalue weighted by Gasteiger charge is 2.19. The quantitative estimate of drug-likeness (QED) is 0.125. The third-order valence-corrected chi connectivity index (χ3v) is 6.96. The van der Waals surface area contributed by atoms with Gasteiger partial charge >= 0.3 is 0 Å². The molecule has 0 heterocycles. The van der Waals surface area contributed by atoms with E-state index in [0.717, 1.165) is 24.3 Å². The van der Waals surface area contributed by atoms with E-state index in [-0.39, 0.29) is 34.4 Å². The summed E-state index contributed by atoms with van der Waals surface area (Å²) in [6, 6.07) is 19.3. The zero-order valence-electron chi connectivity index (χ0n) is 23.0. The fourth-order valence-corrected chi connectivity index (χ4v) is 4.71. The average Bonchev–Trinajstić information content (AvgIpc) is 3.01. The minimum Gasteiger partial charge on any atom is -0.375 e. The lowest BCUT2D eigenvalue weighted by Crippen LogP contribution is -1.96. The maximum absolute atomic E-state index is 15.2. The summed E-state index contributed by atoms with van der Waals surface area (Å²) in [5, 5.41) is 0. The zero-order valence-corrected chi connectivity index (χ0v) is 23.0. The Labute approximate surface area is 247 Å². The summed E-state index contributed by atoms with van der Waals surface area (Å²) in [6.45, 7) is 1.46. The van der Waals surface area contributed by atoms with Gasteiger partial charge in [0, 0.05) is 17.7 Å². The van der Waals surface area contributed by atoms with Gasteiger partial charge in [-0.1, -0.05) is 60.7 Å². The molecule has 44 heavy (non-hydrogen) atoms. The first-order valence-corrected chi connectivity index (χ1v) is 13.3. The molecule has 0 saturated carbocycles. The van der Waals surface area contributed by atoms with Crippen LogP contribution in [-0.4, -0.2) is 13.2 Å². The minimum absolute atomic E-state index is 0.0568. The van der Waals surface area contributed by atoms with E-state index < -0.39 is 58.7 Å². The molecule has 9 heteroatoms. The van der Waals surface area contributed by atoms with Gasteiger partial charge in [-0.2, -0.15) is 0 Å². The lowest BCUT2D eigenvalue weighted by molar-refractivity contribution is 0.155. The number of hydrogen-bond donors (Lipinski definition) is 0. The van der Waals surface area contributed by atoms with E-state index in [0.29, 0.717) is 28.8 Å². The van der Waals surface area contributed by atoms with Crippen LogP contribution in [0.5, 0.6) is 0 Å². The molecule has 0 atom stereocenters. The number of rotatable bonds is 8. The van der Waals surface area contributed by atoms with Crippen molar-refractivity contribution in [2.45, 2.75) is 6.92 Å².